The normalized spacial score (nSPS) is 13.6. The predicted molar refractivity (Wildman–Crippen MR) is 162 cm³/mol. The van der Waals surface area contributed by atoms with Crippen LogP contribution in [0.5, 0.6) is 0 Å². The molecule has 4 atom stereocenters. The number of carboxylic acid groups (broad SMARTS) is 2. The summed E-state index contributed by atoms with van der Waals surface area (Å²) >= 11 is 0. The van der Waals surface area contributed by atoms with Crippen molar-refractivity contribution >= 4 is 46.5 Å². The highest BCUT2D eigenvalue weighted by Gasteiger charge is 2.31. The average Bonchev–Trinajstić information content (AvgIpc) is 3.66. The van der Waals surface area contributed by atoms with Gasteiger partial charge in [0.25, 0.3) is 0 Å². The summed E-state index contributed by atoms with van der Waals surface area (Å²) in [4.78, 5) is 76.6. The zero-order chi connectivity index (χ0) is 32.9. The highest BCUT2D eigenvalue weighted by molar-refractivity contribution is 5.95. The third-order valence-corrected chi connectivity index (χ3v) is 6.91. The van der Waals surface area contributed by atoms with E-state index in [2.05, 4.69) is 35.9 Å². The van der Waals surface area contributed by atoms with Gasteiger partial charge < -0.3 is 53.3 Å². The van der Waals surface area contributed by atoms with Gasteiger partial charge in [-0.1, -0.05) is 18.2 Å². The van der Waals surface area contributed by atoms with Gasteiger partial charge in [-0.05, 0) is 30.9 Å². The van der Waals surface area contributed by atoms with Crippen LogP contribution < -0.4 is 33.2 Å². The lowest BCUT2D eigenvalue weighted by molar-refractivity contribution is -0.142. The van der Waals surface area contributed by atoms with Crippen LogP contribution in [0.15, 0.2) is 48.0 Å². The van der Waals surface area contributed by atoms with Gasteiger partial charge in [0.05, 0.1) is 12.4 Å². The molecule has 45 heavy (non-hydrogen) atoms. The Bertz CT molecular complexity index is 1500. The Morgan fingerprint density at radius 3 is 2.24 bits per heavy atom. The van der Waals surface area contributed by atoms with Crippen LogP contribution in [0.3, 0.4) is 0 Å². The van der Waals surface area contributed by atoms with Crippen molar-refractivity contribution in [2.45, 2.75) is 62.7 Å². The molecule has 0 saturated carbocycles. The topological polar surface area (TPSA) is 297 Å². The summed E-state index contributed by atoms with van der Waals surface area (Å²) in [5, 5.41) is 27.2. The number of benzene rings is 1. The Hall–Kier alpha value is -5.45. The van der Waals surface area contributed by atoms with E-state index >= 15 is 0 Å². The molecular weight excluding hydrogens is 588 g/mol. The molecule has 0 aliphatic rings. The molecule has 17 nitrogen and oxygen atoms in total. The fraction of sp³-hybridized carbons (Fsp3) is 0.393. The SMILES string of the molecule is NC(N)=NCCCC(NC(=O)C(N)CCC(=O)O)C(=O)NC(Cc1c[nH]c2ccccc12)C(=O)NC(Cc1cnc[nH]1)C(=O)O. The molecule has 0 bridgehead atoms. The number of para-hydroxylation sites is 1. The maximum absolute atomic E-state index is 13.6. The molecule has 0 spiro atoms. The summed E-state index contributed by atoms with van der Waals surface area (Å²) in [5.74, 6) is -4.88. The second-order valence-corrected chi connectivity index (χ2v) is 10.4. The van der Waals surface area contributed by atoms with Crippen LogP contribution >= 0.6 is 0 Å². The third-order valence-electron chi connectivity index (χ3n) is 6.91. The molecule has 1 aromatic carbocycles. The van der Waals surface area contributed by atoms with E-state index in [4.69, 9.17) is 22.3 Å². The number of aliphatic imine (C=N–C) groups is 1. The van der Waals surface area contributed by atoms with Crippen LogP contribution in [0.4, 0.5) is 0 Å². The van der Waals surface area contributed by atoms with Gasteiger partial charge in [-0.2, -0.15) is 0 Å². The summed E-state index contributed by atoms with van der Waals surface area (Å²) in [6.45, 7) is 0.139. The number of H-pyrrole nitrogens is 2. The van der Waals surface area contributed by atoms with E-state index in [1.807, 2.05) is 24.3 Å². The maximum Gasteiger partial charge on any atom is 0.326 e. The standard InChI is InChI=1S/C28H38N10O7/c29-18(7-8-23(39)40)24(41)36-20(6-3-9-33-28(30)31)25(42)37-21(10-15-12-34-19-5-2-1-4-17(15)19)26(43)38-22(27(44)45)11-16-13-32-14-35-16/h1-2,4-5,12-14,18,20-22,34H,3,6-11,29H2,(H,32,35)(H,36,41)(H,37,42)(H,38,43)(H,39,40)(H,44,45)(H4,30,31,33). The summed E-state index contributed by atoms with van der Waals surface area (Å²) in [6, 6.07) is 2.29. The first-order valence-electron chi connectivity index (χ1n) is 14.1. The van der Waals surface area contributed by atoms with Gasteiger partial charge in [0, 0.05) is 54.8 Å². The number of nitrogens with zero attached hydrogens (tertiary/aromatic N) is 2. The van der Waals surface area contributed by atoms with Gasteiger partial charge in [-0.3, -0.25) is 24.2 Å². The van der Waals surface area contributed by atoms with Crippen molar-refractivity contribution in [2.24, 2.45) is 22.2 Å². The molecule has 0 saturated heterocycles. The van der Waals surface area contributed by atoms with Gasteiger partial charge >= 0.3 is 11.9 Å². The number of carbonyl (C=O) groups excluding carboxylic acids is 3. The van der Waals surface area contributed by atoms with E-state index < -0.39 is 53.8 Å². The largest absolute Gasteiger partial charge is 0.481 e. The minimum atomic E-state index is -1.34. The lowest BCUT2D eigenvalue weighted by atomic mass is 10.0. The van der Waals surface area contributed by atoms with Gasteiger partial charge in [0.2, 0.25) is 17.7 Å². The molecular formula is C28H38N10O7. The Balaban J connectivity index is 1.85. The maximum atomic E-state index is 13.6. The average molecular weight is 627 g/mol. The zero-order valence-electron chi connectivity index (χ0n) is 24.4. The van der Waals surface area contributed by atoms with Gasteiger partial charge in [0.1, 0.15) is 18.1 Å². The Labute approximate surface area is 257 Å². The van der Waals surface area contributed by atoms with Crippen LogP contribution in [-0.4, -0.2) is 91.5 Å². The lowest BCUT2D eigenvalue weighted by Gasteiger charge is -2.25. The molecule has 3 rings (SSSR count). The zero-order valence-corrected chi connectivity index (χ0v) is 24.4. The van der Waals surface area contributed by atoms with E-state index in [1.165, 1.54) is 12.5 Å². The monoisotopic (exact) mass is 626 g/mol. The van der Waals surface area contributed by atoms with Crippen LogP contribution in [0, 0.1) is 0 Å². The predicted octanol–water partition coefficient (Wildman–Crippen LogP) is -1.54. The van der Waals surface area contributed by atoms with Crippen molar-refractivity contribution in [1.29, 1.82) is 0 Å². The number of aromatic nitrogens is 3. The summed E-state index contributed by atoms with van der Waals surface area (Å²) in [7, 11) is 0. The second kappa shape index (κ2) is 16.4. The number of carboxylic acids is 2. The summed E-state index contributed by atoms with van der Waals surface area (Å²) in [5.41, 5.74) is 18.5. The number of nitrogens with two attached hydrogens (primary N) is 3. The Kier molecular flexibility index (Phi) is 12.4. The van der Waals surface area contributed by atoms with Crippen LogP contribution in [0.1, 0.15) is 36.9 Å². The first kappa shape index (κ1) is 34.0. The van der Waals surface area contributed by atoms with Gasteiger partial charge in [0.15, 0.2) is 5.96 Å². The number of imidazole rings is 1. The van der Waals surface area contributed by atoms with E-state index in [1.54, 1.807) is 6.20 Å². The van der Waals surface area contributed by atoms with Crippen molar-refractivity contribution < 1.29 is 34.2 Å². The van der Waals surface area contributed by atoms with Crippen molar-refractivity contribution in [1.82, 2.24) is 30.9 Å². The minimum Gasteiger partial charge on any atom is -0.481 e. The first-order chi connectivity index (χ1) is 21.4. The van der Waals surface area contributed by atoms with Crippen molar-refractivity contribution in [3.63, 3.8) is 0 Å². The number of rotatable bonds is 18. The number of guanidine groups is 1. The third kappa shape index (κ3) is 10.6. The van der Waals surface area contributed by atoms with Crippen molar-refractivity contribution in [3.8, 4) is 0 Å². The Morgan fingerprint density at radius 1 is 0.889 bits per heavy atom. The fourth-order valence-electron chi connectivity index (χ4n) is 4.55. The summed E-state index contributed by atoms with van der Waals surface area (Å²) < 4.78 is 0. The number of amides is 3. The van der Waals surface area contributed by atoms with Crippen LogP contribution in [0.2, 0.25) is 0 Å². The molecule has 3 amide bonds. The smallest absolute Gasteiger partial charge is 0.326 e. The molecule has 17 heteroatoms. The minimum absolute atomic E-state index is 0.0230. The number of aliphatic carboxylic acids is 2. The molecule has 0 aliphatic heterocycles. The van der Waals surface area contributed by atoms with Crippen LogP contribution in [-0.2, 0) is 36.8 Å². The lowest BCUT2D eigenvalue weighted by Crippen LogP contribution is -2.57. The van der Waals surface area contributed by atoms with E-state index in [9.17, 15) is 29.1 Å². The number of hydrogen-bond donors (Lipinski definition) is 10. The number of nitrogens with one attached hydrogen (secondary N) is 5. The highest BCUT2D eigenvalue weighted by atomic mass is 16.4. The molecule has 13 N–H and O–H groups in total. The van der Waals surface area contributed by atoms with Crippen molar-refractivity contribution in [3.05, 3.63) is 54.2 Å². The molecule has 3 aromatic rings. The molecule has 0 fully saturated rings. The molecule has 242 valence electrons. The number of hydrogen-bond acceptors (Lipinski definition) is 8. The fourth-order valence-corrected chi connectivity index (χ4v) is 4.55. The van der Waals surface area contributed by atoms with Crippen molar-refractivity contribution in [2.75, 3.05) is 6.54 Å². The van der Waals surface area contributed by atoms with E-state index in [0.717, 1.165) is 10.9 Å². The summed E-state index contributed by atoms with van der Waals surface area (Å²) in [6.07, 6.45) is 4.16. The van der Waals surface area contributed by atoms with E-state index in [-0.39, 0.29) is 51.0 Å². The quantitative estimate of drug-likeness (QED) is 0.0438. The van der Waals surface area contributed by atoms with Gasteiger partial charge in [-0.25, -0.2) is 9.78 Å². The Morgan fingerprint density at radius 2 is 1.58 bits per heavy atom. The number of fused-ring (bicyclic) bond motifs is 1. The van der Waals surface area contributed by atoms with Gasteiger partial charge in [-0.15, -0.1) is 0 Å². The molecule has 0 aliphatic carbocycles. The molecule has 2 aromatic heterocycles. The molecule has 4 unspecified atom stereocenters. The molecule has 2 heterocycles. The van der Waals surface area contributed by atoms with E-state index in [0.29, 0.717) is 11.3 Å². The van der Waals surface area contributed by atoms with Crippen LogP contribution in [0.25, 0.3) is 10.9 Å². The molecule has 0 radical (unpaired) electrons. The number of aromatic amines is 2. The second-order valence-electron chi connectivity index (χ2n) is 10.4. The highest BCUT2D eigenvalue weighted by Crippen LogP contribution is 2.19. The number of carbonyl (C=O) groups is 5. The first-order valence-corrected chi connectivity index (χ1v) is 14.1.